The van der Waals surface area contributed by atoms with Crippen molar-refractivity contribution in [2.45, 2.75) is 0 Å². The molecular weight excluding hydrogens is 102 g/mol. The Labute approximate surface area is 48.0 Å². The van der Waals surface area contributed by atoms with Crippen molar-refractivity contribution in [3.8, 4) is 0 Å². The smallest absolute Gasteiger partial charge is 0.315 e. The molecule has 0 aromatic carbocycles. The molecule has 2 radical (unpaired) electrons. The van der Waals surface area contributed by atoms with Crippen molar-refractivity contribution in [3.63, 3.8) is 0 Å². The van der Waals surface area contributed by atoms with Gasteiger partial charge in [-0.1, -0.05) is 6.08 Å². The normalized spacial score (nSPS) is 23.0. The molecule has 2 heterocycles. The zero-order valence-corrected chi connectivity index (χ0v) is 4.29. The Kier molecular flexibility index (Phi) is 0.640. The molecular formula is C6H5NO. The number of hydrogen-bond acceptors (Lipinski definition) is 2. The molecule has 2 aliphatic heterocycles. The number of rotatable bonds is 0. The van der Waals surface area contributed by atoms with E-state index in [1.165, 1.54) is 0 Å². The van der Waals surface area contributed by atoms with Gasteiger partial charge < -0.3 is 9.64 Å². The molecule has 8 heavy (non-hydrogen) atoms. The Morgan fingerprint density at radius 2 is 2.75 bits per heavy atom. The minimum atomic E-state index is 0.909. The highest BCUT2D eigenvalue weighted by molar-refractivity contribution is 5.25. The highest BCUT2D eigenvalue weighted by atomic mass is 16.5. The zero-order chi connectivity index (χ0) is 5.40. The van der Waals surface area contributed by atoms with Gasteiger partial charge in [0, 0.05) is 6.54 Å². The van der Waals surface area contributed by atoms with Crippen LogP contribution in [0.5, 0.6) is 0 Å². The quantitative estimate of drug-likeness (QED) is 0.452. The molecule has 0 fully saturated rings. The van der Waals surface area contributed by atoms with Crippen LogP contribution in [0.2, 0.25) is 0 Å². The van der Waals surface area contributed by atoms with E-state index in [-0.39, 0.29) is 0 Å². The summed E-state index contributed by atoms with van der Waals surface area (Å²) in [5.74, 6) is 0. The number of nitrogens with zero attached hydrogens (tertiary/aromatic N) is 1. The summed E-state index contributed by atoms with van der Waals surface area (Å²) < 4.78 is 4.77. The average Bonchev–Trinajstić information content (AvgIpc) is 2.15. The number of ether oxygens (including phenoxy) is 1. The summed E-state index contributed by atoms with van der Waals surface area (Å²) in [6, 6.07) is 0. The SMILES string of the molecule is [C]1OC=C2C=CCN12. The molecule has 2 nitrogen and oxygen atoms in total. The van der Waals surface area contributed by atoms with Gasteiger partial charge in [0.25, 0.3) is 0 Å². The van der Waals surface area contributed by atoms with Crippen LogP contribution in [0.25, 0.3) is 0 Å². The Morgan fingerprint density at radius 3 is 3.62 bits per heavy atom. The molecule has 0 aromatic rings. The van der Waals surface area contributed by atoms with Gasteiger partial charge >= 0.3 is 6.73 Å². The topological polar surface area (TPSA) is 12.5 Å². The van der Waals surface area contributed by atoms with Crippen molar-refractivity contribution in [1.29, 1.82) is 0 Å². The minimum absolute atomic E-state index is 0.909. The third-order valence-electron chi connectivity index (χ3n) is 1.23. The number of fused-ring (bicyclic) bond motifs is 1. The fourth-order valence-corrected chi connectivity index (χ4v) is 0.817. The second kappa shape index (κ2) is 1.28. The van der Waals surface area contributed by atoms with E-state index < -0.39 is 0 Å². The molecule has 40 valence electrons. The highest BCUT2D eigenvalue weighted by Gasteiger charge is 2.18. The molecule has 0 aliphatic carbocycles. The van der Waals surface area contributed by atoms with Gasteiger partial charge in [-0.3, -0.25) is 0 Å². The molecule has 2 heteroatoms. The Morgan fingerprint density at radius 1 is 1.75 bits per heavy atom. The van der Waals surface area contributed by atoms with Gasteiger partial charge in [0.2, 0.25) is 0 Å². The molecule has 0 atom stereocenters. The first kappa shape index (κ1) is 4.01. The average molecular weight is 107 g/mol. The molecule has 0 spiro atoms. The van der Waals surface area contributed by atoms with Gasteiger partial charge in [-0.05, 0) is 6.08 Å². The van der Waals surface area contributed by atoms with Crippen LogP contribution in [-0.4, -0.2) is 11.4 Å². The van der Waals surface area contributed by atoms with Crippen LogP contribution < -0.4 is 0 Å². The van der Waals surface area contributed by atoms with E-state index >= 15 is 0 Å². The van der Waals surface area contributed by atoms with Crippen molar-refractivity contribution in [1.82, 2.24) is 4.90 Å². The van der Waals surface area contributed by atoms with Gasteiger partial charge in [0.15, 0.2) is 0 Å². The zero-order valence-electron chi connectivity index (χ0n) is 4.29. The lowest BCUT2D eigenvalue weighted by atomic mass is 10.5. The van der Waals surface area contributed by atoms with Gasteiger partial charge in [0.05, 0.1) is 5.70 Å². The first-order chi connectivity index (χ1) is 3.97. The minimum Gasteiger partial charge on any atom is -0.461 e. The van der Waals surface area contributed by atoms with Crippen LogP contribution in [0.15, 0.2) is 24.1 Å². The maximum absolute atomic E-state index is 4.77. The van der Waals surface area contributed by atoms with Crippen molar-refractivity contribution in [3.05, 3.63) is 30.8 Å². The van der Waals surface area contributed by atoms with Gasteiger partial charge in [0.1, 0.15) is 6.26 Å². The molecule has 0 saturated heterocycles. The number of allylic oxidation sites excluding steroid dienone is 1. The first-order valence-corrected chi connectivity index (χ1v) is 2.52. The molecule has 0 N–H and O–H groups in total. The summed E-state index contributed by atoms with van der Waals surface area (Å²) in [5.41, 5.74) is 1.10. The fraction of sp³-hybridized carbons (Fsp3) is 0.167. The van der Waals surface area contributed by atoms with Crippen molar-refractivity contribution < 1.29 is 4.74 Å². The molecule has 2 aliphatic rings. The van der Waals surface area contributed by atoms with E-state index in [0.29, 0.717) is 0 Å². The Balaban J connectivity index is 2.31. The Hall–Kier alpha value is -0.920. The van der Waals surface area contributed by atoms with Crippen LogP contribution in [0, 0.1) is 6.73 Å². The lowest BCUT2D eigenvalue weighted by Gasteiger charge is -2.05. The molecule has 0 saturated carbocycles. The van der Waals surface area contributed by atoms with E-state index in [1.54, 1.807) is 6.26 Å². The first-order valence-electron chi connectivity index (χ1n) is 2.52. The molecule has 0 aromatic heterocycles. The van der Waals surface area contributed by atoms with Crippen molar-refractivity contribution in [2.75, 3.05) is 6.54 Å². The summed E-state index contributed by atoms with van der Waals surface area (Å²) in [5, 5.41) is 0. The maximum atomic E-state index is 4.77. The predicted octanol–water partition coefficient (Wildman–Crippen LogP) is 0.726. The van der Waals surface area contributed by atoms with E-state index in [4.69, 9.17) is 4.74 Å². The van der Waals surface area contributed by atoms with Crippen molar-refractivity contribution >= 4 is 0 Å². The van der Waals surface area contributed by atoms with Crippen LogP contribution in [0.1, 0.15) is 0 Å². The predicted molar refractivity (Wildman–Crippen MR) is 28.3 cm³/mol. The van der Waals surface area contributed by atoms with Gasteiger partial charge in [-0.25, -0.2) is 0 Å². The standard InChI is InChI=1S/C6H5NO/c1-2-6-4-8-5-7(6)3-1/h1-2,4H,3H2. The second-order valence-corrected chi connectivity index (χ2v) is 1.76. The van der Waals surface area contributed by atoms with Crippen LogP contribution in [-0.2, 0) is 4.74 Å². The van der Waals surface area contributed by atoms with Crippen LogP contribution in [0.3, 0.4) is 0 Å². The van der Waals surface area contributed by atoms with E-state index in [2.05, 4.69) is 12.8 Å². The third kappa shape index (κ3) is 0.372. The second-order valence-electron chi connectivity index (χ2n) is 1.76. The summed E-state index contributed by atoms with van der Waals surface area (Å²) in [4.78, 5) is 1.92. The summed E-state index contributed by atoms with van der Waals surface area (Å²) in [6.45, 7) is 3.61. The number of hydrogen-bond donors (Lipinski definition) is 0. The summed E-state index contributed by atoms with van der Waals surface area (Å²) in [7, 11) is 0. The molecule has 0 amide bonds. The van der Waals surface area contributed by atoms with Gasteiger partial charge in [-0.15, -0.1) is 0 Å². The van der Waals surface area contributed by atoms with E-state index in [0.717, 1.165) is 12.2 Å². The highest BCUT2D eigenvalue weighted by Crippen LogP contribution is 2.20. The maximum Gasteiger partial charge on any atom is 0.315 e. The summed E-state index contributed by atoms with van der Waals surface area (Å²) in [6.07, 6.45) is 5.77. The van der Waals surface area contributed by atoms with E-state index in [9.17, 15) is 0 Å². The van der Waals surface area contributed by atoms with Crippen molar-refractivity contribution in [2.24, 2.45) is 0 Å². The van der Waals surface area contributed by atoms with Crippen LogP contribution >= 0.6 is 0 Å². The Bertz CT molecular complexity index is 160. The van der Waals surface area contributed by atoms with E-state index in [1.807, 2.05) is 11.0 Å². The van der Waals surface area contributed by atoms with Crippen LogP contribution in [0.4, 0.5) is 0 Å². The molecule has 0 bridgehead atoms. The van der Waals surface area contributed by atoms with Gasteiger partial charge in [-0.2, -0.15) is 0 Å². The lowest BCUT2D eigenvalue weighted by Crippen LogP contribution is -2.09. The summed E-state index contributed by atoms with van der Waals surface area (Å²) >= 11 is 0. The fourth-order valence-electron chi connectivity index (χ4n) is 0.817. The monoisotopic (exact) mass is 107 g/mol. The molecule has 2 rings (SSSR count). The third-order valence-corrected chi connectivity index (χ3v) is 1.23. The molecule has 0 unspecified atom stereocenters. The largest absolute Gasteiger partial charge is 0.461 e. The lowest BCUT2D eigenvalue weighted by molar-refractivity contribution is 0.269.